The van der Waals surface area contributed by atoms with Crippen molar-refractivity contribution in [1.82, 2.24) is 4.90 Å². The van der Waals surface area contributed by atoms with Crippen LogP contribution in [-0.4, -0.2) is 29.7 Å². The molecule has 0 saturated heterocycles. The number of anilines is 1. The number of nitrogens with zero attached hydrogens (tertiary/aromatic N) is 1. The van der Waals surface area contributed by atoms with Crippen molar-refractivity contribution in [3.8, 4) is 0 Å². The topological polar surface area (TPSA) is 49.5 Å². The van der Waals surface area contributed by atoms with Gasteiger partial charge in [0.1, 0.15) is 0 Å². The number of nitrogen functional groups attached to an aromatic ring is 1. The SMILES string of the molecule is CCCN(CCO)C(C)c1ccc(N)cc1. The summed E-state index contributed by atoms with van der Waals surface area (Å²) in [6.45, 7) is 6.25. The third kappa shape index (κ3) is 3.51. The molecule has 3 N–H and O–H groups in total. The van der Waals surface area contributed by atoms with E-state index in [1.165, 1.54) is 5.56 Å². The minimum absolute atomic E-state index is 0.208. The molecule has 3 heteroatoms. The quantitative estimate of drug-likeness (QED) is 0.724. The van der Waals surface area contributed by atoms with E-state index in [-0.39, 0.29) is 6.61 Å². The zero-order valence-electron chi connectivity index (χ0n) is 10.2. The second-order valence-electron chi connectivity index (χ2n) is 4.10. The lowest BCUT2D eigenvalue weighted by atomic mass is 10.1. The smallest absolute Gasteiger partial charge is 0.0558 e. The van der Waals surface area contributed by atoms with Gasteiger partial charge in [-0.15, -0.1) is 0 Å². The predicted octanol–water partition coefficient (Wildman–Crippen LogP) is 2.03. The van der Waals surface area contributed by atoms with Crippen LogP contribution in [0.15, 0.2) is 24.3 Å². The van der Waals surface area contributed by atoms with Crippen molar-refractivity contribution in [1.29, 1.82) is 0 Å². The summed E-state index contributed by atoms with van der Waals surface area (Å²) in [5.74, 6) is 0. The number of benzene rings is 1. The van der Waals surface area contributed by atoms with Gasteiger partial charge in [-0.05, 0) is 37.6 Å². The normalized spacial score (nSPS) is 13.0. The van der Waals surface area contributed by atoms with Crippen LogP contribution in [0.1, 0.15) is 31.9 Å². The molecule has 0 bridgehead atoms. The summed E-state index contributed by atoms with van der Waals surface area (Å²) < 4.78 is 0. The molecule has 1 aromatic rings. The van der Waals surface area contributed by atoms with Gasteiger partial charge in [-0.3, -0.25) is 4.90 Å². The molecule has 0 amide bonds. The standard InChI is InChI=1S/C13H22N2O/c1-3-8-15(9-10-16)11(2)12-4-6-13(14)7-5-12/h4-7,11,16H,3,8-10,14H2,1-2H3. The van der Waals surface area contributed by atoms with Gasteiger partial charge in [0.15, 0.2) is 0 Å². The molecule has 1 atom stereocenters. The third-order valence-electron chi connectivity index (χ3n) is 2.86. The van der Waals surface area contributed by atoms with E-state index in [1.54, 1.807) is 0 Å². The van der Waals surface area contributed by atoms with Crippen molar-refractivity contribution < 1.29 is 5.11 Å². The first-order valence-corrected chi connectivity index (χ1v) is 5.89. The Bertz CT molecular complexity index is 291. The number of hydrogen-bond donors (Lipinski definition) is 2. The van der Waals surface area contributed by atoms with Crippen LogP contribution in [0.3, 0.4) is 0 Å². The minimum Gasteiger partial charge on any atom is -0.399 e. The van der Waals surface area contributed by atoms with Gasteiger partial charge in [0.05, 0.1) is 6.61 Å². The van der Waals surface area contributed by atoms with Crippen LogP contribution >= 0.6 is 0 Å². The molecular formula is C13H22N2O. The lowest BCUT2D eigenvalue weighted by Crippen LogP contribution is -2.30. The molecular weight excluding hydrogens is 200 g/mol. The van der Waals surface area contributed by atoms with Crippen molar-refractivity contribution in [3.63, 3.8) is 0 Å². The van der Waals surface area contributed by atoms with E-state index >= 15 is 0 Å². The van der Waals surface area contributed by atoms with E-state index in [0.717, 1.165) is 25.2 Å². The molecule has 0 aliphatic heterocycles. The summed E-state index contributed by atoms with van der Waals surface area (Å²) in [7, 11) is 0. The Morgan fingerprint density at radius 3 is 2.38 bits per heavy atom. The Balaban J connectivity index is 2.72. The second kappa shape index (κ2) is 6.51. The summed E-state index contributed by atoms with van der Waals surface area (Å²) in [6, 6.07) is 8.29. The van der Waals surface area contributed by atoms with Crippen LogP contribution in [0.25, 0.3) is 0 Å². The lowest BCUT2D eigenvalue weighted by Gasteiger charge is -2.28. The van der Waals surface area contributed by atoms with Crippen molar-refractivity contribution in [3.05, 3.63) is 29.8 Å². The highest BCUT2D eigenvalue weighted by molar-refractivity contribution is 5.40. The maximum atomic E-state index is 9.04. The van der Waals surface area contributed by atoms with E-state index in [1.807, 2.05) is 12.1 Å². The molecule has 1 unspecified atom stereocenters. The summed E-state index contributed by atoms with van der Waals surface area (Å²) in [5, 5.41) is 9.04. The van der Waals surface area contributed by atoms with Gasteiger partial charge in [-0.2, -0.15) is 0 Å². The molecule has 0 fully saturated rings. The molecule has 90 valence electrons. The van der Waals surface area contributed by atoms with E-state index in [2.05, 4.69) is 30.9 Å². The van der Waals surface area contributed by atoms with Crippen molar-refractivity contribution in [2.75, 3.05) is 25.4 Å². The highest BCUT2D eigenvalue weighted by atomic mass is 16.3. The fourth-order valence-electron chi connectivity index (χ4n) is 1.90. The Kier molecular flexibility index (Phi) is 5.29. The maximum Gasteiger partial charge on any atom is 0.0558 e. The molecule has 3 nitrogen and oxygen atoms in total. The zero-order chi connectivity index (χ0) is 12.0. The van der Waals surface area contributed by atoms with Crippen LogP contribution in [0.2, 0.25) is 0 Å². The lowest BCUT2D eigenvalue weighted by molar-refractivity contribution is 0.158. The Hall–Kier alpha value is -1.06. The van der Waals surface area contributed by atoms with E-state index < -0.39 is 0 Å². The Morgan fingerprint density at radius 2 is 1.88 bits per heavy atom. The average Bonchev–Trinajstić information content (AvgIpc) is 2.29. The van der Waals surface area contributed by atoms with Gasteiger partial charge >= 0.3 is 0 Å². The molecule has 0 aliphatic carbocycles. The van der Waals surface area contributed by atoms with E-state index in [0.29, 0.717) is 6.04 Å². The Labute approximate surface area is 97.9 Å². The fourth-order valence-corrected chi connectivity index (χ4v) is 1.90. The molecule has 0 heterocycles. The predicted molar refractivity (Wildman–Crippen MR) is 68.2 cm³/mol. The van der Waals surface area contributed by atoms with Crippen LogP contribution in [0, 0.1) is 0 Å². The zero-order valence-corrected chi connectivity index (χ0v) is 10.2. The number of aliphatic hydroxyl groups is 1. The summed E-state index contributed by atoms with van der Waals surface area (Å²) in [5.41, 5.74) is 7.70. The molecule has 1 aromatic carbocycles. The van der Waals surface area contributed by atoms with Gasteiger partial charge < -0.3 is 10.8 Å². The van der Waals surface area contributed by atoms with Crippen LogP contribution in [0.5, 0.6) is 0 Å². The largest absolute Gasteiger partial charge is 0.399 e. The maximum absolute atomic E-state index is 9.04. The highest BCUT2D eigenvalue weighted by Gasteiger charge is 2.13. The molecule has 0 spiro atoms. The van der Waals surface area contributed by atoms with Gasteiger partial charge in [0.2, 0.25) is 0 Å². The molecule has 0 aliphatic rings. The third-order valence-corrected chi connectivity index (χ3v) is 2.86. The van der Waals surface area contributed by atoms with Crippen molar-refractivity contribution in [2.45, 2.75) is 26.3 Å². The molecule has 0 radical (unpaired) electrons. The molecule has 1 rings (SSSR count). The minimum atomic E-state index is 0.208. The first-order chi connectivity index (χ1) is 7.69. The molecule has 0 aromatic heterocycles. The second-order valence-corrected chi connectivity index (χ2v) is 4.10. The van der Waals surface area contributed by atoms with Gasteiger partial charge in [-0.25, -0.2) is 0 Å². The van der Waals surface area contributed by atoms with Crippen molar-refractivity contribution in [2.24, 2.45) is 0 Å². The first-order valence-electron chi connectivity index (χ1n) is 5.89. The van der Waals surface area contributed by atoms with E-state index in [4.69, 9.17) is 10.8 Å². The van der Waals surface area contributed by atoms with Crippen LogP contribution < -0.4 is 5.73 Å². The van der Waals surface area contributed by atoms with Gasteiger partial charge in [0.25, 0.3) is 0 Å². The average molecular weight is 222 g/mol. The monoisotopic (exact) mass is 222 g/mol. The van der Waals surface area contributed by atoms with E-state index in [9.17, 15) is 0 Å². The van der Waals surface area contributed by atoms with Crippen LogP contribution in [0.4, 0.5) is 5.69 Å². The Morgan fingerprint density at radius 1 is 1.25 bits per heavy atom. The van der Waals surface area contributed by atoms with Crippen LogP contribution in [-0.2, 0) is 0 Å². The summed E-state index contributed by atoms with van der Waals surface area (Å²) in [4.78, 5) is 2.28. The highest BCUT2D eigenvalue weighted by Crippen LogP contribution is 2.20. The van der Waals surface area contributed by atoms with Gasteiger partial charge in [0, 0.05) is 18.3 Å². The number of hydrogen-bond acceptors (Lipinski definition) is 3. The van der Waals surface area contributed by atoms with Gasteiger partial charge in [-0.1, -0.05) is 19.1 Å². The molecule has 0 saturated carbocycles. The summed E-state index contributed by atoms with van der Waals surface area (Å²) in [6.07, 6.45) is 1.10. The molecule has 16 heavy (non-hydrogen) atoms. The first kappa shape index (κ1) is 13.0. The number of aliphatic hydroxyl groups excluding tert-OH is 1. The number of nitrogens with two attached hydrogens (primary N) is 1. The van der Waals surface area contributed by atoms with Crippen molar-refractivity contribution >= 4 is 5.69 Å². The summed E-state index contributed by atoms with van der Waals surface area (Å²) >= 11 is 0. The fraction of sp³-hybridized carbons (Fsp3) is 0.538. The number of rotatable bonds is 6.